The molecule has 3 saturated carbocycles. The lowest BCUT2D eigenvalue weighted by atomic mass is 9.35. The number of carbonyl (C=O) groups excluding carboxylic acids is 3. The highest BCUT2D eigenvalue weighted by Crippen LogP contribution is 2.73. The second-order valence-electron chi connectivity index (χ2n) is 14.3. The molecule has 0 radical (unpaired) electrons. The molecule has 200 valence electrons. The molecule has 5 aliphatic carbocycles. The van der Waals surface area contributed by atoms with Gasteiger partial charge in [0.15, 0.2) is 11.6 Å². The van der Waals surface area contributed by atoms with E-state index in [1.165, 1.54) is 0 Å². The number of ketones is 2. The minimum Gasteiger partial charge on any atom is -0.466 e. The molecule has 5 rings (SSSR count). The van der Waals surface area contributed by atoms with E-state index in [-0.39, 0.29) is 63.0 Å². The van der Waals surface area contributed by atoms with Crippen LogP contribution >= 0.6 is 0 Å². The number of nitrogens with zero attached hydrogens (tertiary/aromatic N) is 1. The van der Waals surface area contributed by atoms with Crippen LogP contribution in [0, 0.1) is 62.1 Å². The van der Waals surface area contributed by atoms with E-state index in [0.717, 1.165) is 50.5 Å². The van der Waals surface area contributed by atoms with E-state index in [9.17, 15) is 19.6 Å². The third-order valence-electron chi connectivity index (χ3n) is 12.2. The van der Waals surface area contributed by atoms with Gasteiger partial charge in [-0.1, -0.05) is 53.2 Å². The zero-order valence-electron chi connectivity index (χ0n) is 23.7. The summed E-state index contributed by atoms with van der Waals surface area (Å²) in [6.45, 7) is 15.5. The number of allylic oxidation sites excluding steroid dienone is 4. The van der Waals surface area contributed by atoms with Gasteiger partial charge < -0.3 is 4.74 Å². The highest BCUT2D eigenvalue weighted by molar-refractivity contribution is 6.02. The maximum atomic E-state index is 14.4. The number of Topliss-reactive ketones (excluding diaryl/α,β-unsaturated/α-hetero) is 1. The van der Waals surface area contributed by atoms with Crippen molar-refractivity contribution >= 4 is 17.5 Å². The normalized spacial score (nSPS) is 46.2. The summed E-state index contributed by atoms with van der Waals surface area (Å²) in [7, 11) is 0. The number of hydrogen-bond donors (Lipinski definition) is 0. The fraction of sp³-hybridized carbons (Fsp3) is 0.750. The molecular formula is C32H43NO4. The molecular weight excluding hydrogens is 462 g/mol. The van der Waals surface area contributed by atoms with Gasteiger partial charge in [-0.25, -0.2) is 0 Å². The van der Waals surface area contributed by atoms with Crippen molar-refractivity contribution < 1.29 is 19.1 Å². The second kappa shape index (κ2) is 8.14. The Balaban J connectivity index is 1.68. The minimum absolute atomic E-state index is 0.0428. The number of rotatable bonds is 2. The van der Waals surface area contributed by atoms with Gasteiger partial charge in [0.05, 0.1) is 17.6 Å². The summed E-state index contributed by atoms with van der Waals surface area (Å²) in [5.41, 5.74) is -0.249. The van der Waals surface area contributed by atoms with Gasteiger partial charge in [0, 0.05) is 17.3 Å². The van der Waals surface area contributed by atoms with E-state index in [2.05, 4.69) is 40.7 Å². The fourth-order valence-electron chi connectivity index (χ4n) is 9.88. The lowest BCUT2D eigenvalue weighted by Gasteiger charge is -2.68. The number of fused-ring (bicyclic) bond motifs is 7. The highest BCUT2D eigenvalue weighted by atomic mass is 16.5. The van der Waals surface area contributed by atoms with Crippen LogP contribution in [0.4, 0.5) is 0 Å². The molecule has 0 spiro atoms. The Morgan fingerprint density at radius 3 is 2.38 bits per heavy atom. The summed E-state index contributed by atoms with van der Waals surface area (Å²) in [4.78, 5) is 40.8. The largest absolute Gasteiger partial charge is 0.466 e. The standard InChI is InChI=1S/C32H43NO4/c1-8-37-27(36)32-13-11-28(3,4)17-22(32)25-23(34)15-24-29(5)16-20(18-33)26(35)19(2)21(29)9-10-30(24,6)31(25,7)12-14-32/h15-16,19,21-22,25H,8-14,17H2,1-7H3/t19-,21-,22-,25-,29-,30+,31+,32-/m0/s1. The van der Waals surface area contributed by atoms with Crippen molar-refractivity contribution in [2.45, 2.75) is 93.4 Å². The quantitative estimate of drug-likeness (QED) is 0.407. The van der Waals surface area contributed by atoms with Crippen molar-refractivity contribution in [3.8, 4) is 6.07 Å². The Hall–Kier alpha value is -2.22. The third-order valence-corrected chi connectivity index (χ3v) is 12.2. The Labute approximate surface area is 222 Å². The van der Waals surface area contributed by atoms with Crippen molar-refractivity contribution in [1.29, 1.82) is 5.26 Å². The third kappa shape index (κ3) is 3.29. The van der Waals surface area contributed by atoms with Gasteiger partial charge in [0.2, 0.25) is 0 Å². The van der Waals surface area contributed by atoms with E-state index >= 15 is 0 Å². The van der Waals surface area contributed by atoms with Crippen LogP contribution in [0.3, 0.4) is 0 Å². The highest BCUT2D eigenvalue weighted by Gasteiger charge is 2.70. The first-order chi connectivity index (χ1) is 17.2. The molecule has 8 atom stereocenters. The zero-order valence-corrected chi connectivity index (χ0v) is 23.7. The van der Waals surface area contributed by atoms with Gasteiger partial charge in [0.25, 0.3) is 0 Å². The first-order valence-corrected chi connectivity index (χ1v) is 14.3. The zero-order chi connectivity index (χ0) is 27.2. The lowest BCUT2D eigenvalue weighted by Crippen LogP contribution is -2.65. The van der Waals surface area contributed by atoms with Gasteiger partial charge in [-0.05, 0) is 86.0 Å². The summed E-state index contributed by atoms with van der Waals surface area (Å²) in [5.74, 6) is -0.480. The van der Waals surface area contributed by atoms with Gasteiger partial charge >= 0.3 is 5.97 Å². The van der Waals surface area contributed by atoms with Crippen LogP contribution in [-0.4, -0.2) is 24.1 Å². The van der Waals surface area contributed by atoms with Crippen LogP contribution in [-0.2, 0) is 19.1 Å². The van der Waals surface area contributed by atoms with Crippen LogP contribution < -0.4 is 0 Å². The molecule has 0 bridgehead atoms. The average Bonchev–Trinajstić information content (AvgIpc) is 2.82. The molecule has 0 aromatic carbocycles. The number of ether oxygens (including phenoxy) is 1. The lowest BCUT2D eigenvalue weighted by molar-refractivity contribution is -0.192. The second-order valence-corrected chi connectivity index (χ2v) is 14.3. The predicted octanol–water partition coefficient (Wildman–Crippen LogP) is 6.38. The number of hydrogen-bond acceptors (Lipinski definition) is 5. The van der Waals surface area contributed by atoms with Crippen molar-refractivity contribution in [2.24, 2.45) is 50.7 Å². The minimum atomic E-state index is -0.589. The monoisotopic (exact) mass is 505 g/mol. The molecule has 0 amide bonds. The van der Waals surface area contributed by atoms with E-state index in [0.29, 0.717) is 6.61 Å². The van der Waals surface area contributed by atoms with E-state index in [1.54, 1.807) is 0 Å². The topological polar surface area (TPSA) is 84.2 Å². The van der Waals surface area contributed by atoms with E-state index in [4.69, 9.17) is 4.74 Å². The van der Waals surface area contributed by atoms with Crippen LogP contribution in [0.2, 0.25) is 0 Å². The van der Waals surface area contributed by atoms with Crippen molar-refractivity contribution in [2.75, 3.05) is 6.61 Å². The first kappa shape index (κ1) is 26.4. The molecule has 0 aromatic rings. The number of carbonyl (C=O) groups is 3. The molecule has 0 saturated heterocycles. The predicted molar refractivity (Wildman–Crippen MR) is 141 cm³/mol. The summed E-state index contributed by atoms with van der Waals surface area (Å²) in [5, 5.41) is 9.77. The molecule has 0 aliphatic heterocycles. The maximum Gasteiger partial charge on any atom is 0.312 e. The van der Waals surface area contributed by atoms with Crippen molar-refractivity contribution in [3.63, 3.8) is 0 Å². The molecule has 0 N–H and O–H groups in total. The van der Waals surface area contributed by atoms with E-state index < -0.39 is 10.8 Å². The van der Waals surface area contributed by atoms with Gasteiger partial charge in [0.1, 0.15) is 6.07 Å². The first-order valence-electron chi connectivity index (χ1n) is 14.3. The Kier molecular flexibility index (Phi) is 5.81. The van der Waals surface area contributed by atoms with Crippen LogP contribution in [0.1, 0.15) is 93.4 Å². The van der Waals surface area contributed by atoms with Gasteiger partial charge in [-0.15, -0.1) is 0 Å². The summed E-state index contributed by atoms with van der Waals surface area (Å²) in [6, 6.07) is 2.15. The molecule has 37 heavy (non-hydrogen) atoms. The molecule has 5 aliphatic rings. The molecule has 0 unspecified atom stereocenters. The van der Waals surface area contributed by atoms with Gasteiger partial charge in [-0.3, -0.25) is 14.4 Å². The maximum absolute atomic E-state index is 14.4. The molecule has 5 nitrogen and oxygen atoms in total. The Morgan fingerprint density at radius 2 is 1.73 bits per heavy atom. The summed E-state index contributed by atoms with van der Waals surface area (Å²) in [6.07, 6.45) is 9.74. The Bertz CT molecular complexity index is 1170. The van der Waals surface area contributed by atoms with Crippen LogP contribution in [0.15, 0.2) is 23.3 Å². The van der Waals surface area contributed by atoms with E-state index in [1.807, 2.05) is 26.0 Å². The van der Waals surface area contributed by atoms with Crippen molar-refractivity contribution in [3.05, 3.63) is 23.3 Å². The average molecular weight is 506 g/mol. The van der Waals surface area contributed by atoms with Crippen LogP contribution in [0.25, 0.3) is 0 Å². The molecule has 3 fully saturated rings. The summed E-state index contributed by atoms with van der Waals surface area (Å²) >= 11 is 0. The van der Waals surface area contributed by atoms with Gasteiger partial charge in [-0.2, -0.15) is 5.26 Å². The Morgan fingerprint density at radius 1 is 1.05 bits per heavy atom. The molecule has 0 heterocycles. The number of esters is 1. The SMILES string of the molecule is CCOC(=O)[C@]12CCC(C)(C)C[C@H]1[C@H]1C(=O)C=C3[C@@]4(C)C=C(C#N)C(=O)[C@@H](C)[C@@H]4CC[C@@]3(C)[C@]1(C)CC2. The fourth-order valence-corrected chi connectivity index (χ4v) is 9.88. The number of nitriles is 1. The van der Waals surface area contributed by atoms with Crippen molar-refractivity contribution in [1.82, 2.24) is 0 Å². The molecule has 0 aromatic heterocycles. The smallest absolute Gasteiger partial charge is 0.312 e. The summed E-state index contributed by atoms with van der Waals surface area (Å²) < 4.78 is 5.69. The van der Waals surface area contributed by atoms with Crippen LogP contribution in [0.5, 0.6) is 0 Å². The molecule has 5 heteroatoms.